The van der Waals surface area contributed by atoms with Gasteiger partial charge in [-0.3, -0.25) is 0 Å². The molecule has 0 aromatic carbocycles. The molecule has 0 radical (unpaired) electrons. The van der Waals surface area contributed by atoms with Crippen molar-refractivity contribution >= 4 is 11.1 Å². The van der Waals surface area contributed by atoms with Gasteiger partial charge in [0.15, 0.2) is 0 Å². The first kappa shape index (κ1) is 7.09. The summed E-state index contributed by atoms with van der Waals surface area (Å²) in [5, 5.41) is 9.96. The van der Waals surface area contributed by atoms with Crippen LogP contribution in [0.1, 0.15) is 11.3 Å². The average Bonchev–Trinajstić information content (AvgIpc) is 2.29. The molecular weight excluding hydrogens is 156 g/mol. The van der Waals surface area contributed by atoms with E-state index >= 15 is 0 Å². The van der Waals surface area contributed by atoms with Crippen molar-refractivity contribution in [3.63, 3.8) is 0 Å². The number of hydrogen-bond acceptors (Lipinski definition) is 4. The first-order valence-electron chi connectivity index (χ1n) is 3.60. The molecule has 0 spiro atoms. The number of furan rings is 1. The third kappa shape index (κ3) is 0.777. The fourth-order valence-corrected chi connectivity index (χ4v) is 1.16. The highest BCUT2D eigenvalue weighted by Crippen LogP contribution is 2.28. The summed E-state index contributed by atoms with van der Waals surface area (Å²) in [6.45, 7) is 3.70. The summed E-state index contributed by atoms with van der Waals surface area (Å²) in [6, 6.07) is 0. The van der Waals surface area contributed by atoms with Crippen molar-refractivity contribution in [3.05, 3.63) is 17.7 Å². The van der Waals surface area contributed by atoms with E-state index < -0.39 is 0 Å². The van der Waals surface area contributed by atoms with Crippen LogP contribution >= 0.6 is 0 Å². The number of rotatable bonds is 0. The number of fused-ring (bicyclic) bond motifs is 1. The molecule has 0 aliphatic heterocycles. The van der Waals surface area contributed by atoms with E-state index in [1.54, 1.807) is 0 Å². The molecule has 0 atom stereocenters. The van der Waals surface area contributed by atoms with Gasteiger partial charge in [0, 0.05) is 5.56 Å². The molecular formula is C8H8N2O2. The monoisotopic (exact) mass is 164 g/mol. The molecule has 0 unspecified atom stereocenters. The summed E-state index contributed by atoms with van der Waals surface area (Å²) in [7, 11) is 0. The Morgan fingerprint density at radius 3 is 2.75 bits per heavy atom. The Balaban J connectivity index is 2.97. The smallest absolute Gasteiger partial charge is 0.233 e. The van der Waals surface area contributed by atoms with Gasteiger partial charge in [0.2, 0.25) is 11.6 Å². The molecule has 0 aliphatic rings. The van der Waals surface area contributed by atoms with E-state index in [2.05, 4.69) is 9.97 Å². The SMILES string of the molecule is Cc1oc2ncnc(O)c2c1C. The summed E-state index contributed by atoms with van der Waals surface area (Å²) in [4.78, 5) is 7.55. The maximum absolute atomic E-state index is 9.35. The molecule has 0 amide bonds. The Labute approximate surface area is 68.9 Å². The second kappa shape index (κ2) is 2.20. The number of aromatic nitrogens is 2. The van der Waals surface area contributed by atoms with E-state index in [9.17, 15) is 5.11 Å². The molecule has 1 N–H and O–H groups in total. The highest BCUT2D eigenvalue weighted by molar-refractivity contribution is 5.83. The fourth-order valence-electron chi connectivity index (χ4n) is 1.16. The van der Waals surface area contributed by atoms with Crippen molar-refractivity contribution in [2.75, 3.05) is 0 Å². The zero-order chi connectivity index (χ0) is 8.72. The standard InChI is InChI=1S/C8H8N2O2/c1-4-5(2)12-8-6(4)7(11)9-3-10-8/h3H,1-2H3,(H,9,10,11). The molecule has 4 heteroatoms. The van der Waals surface area contributed by atoms with Crippen molar-refractivity contribution in [2.24, 2.45) is 0 Å². The third-order valence-electron chi connectivity index (χ3n) is 1.95. The zero-order valence-electron chi connectivity index (χ0n) is 6.83. The van der Waals surface area contributed by atoms with Crippen LogP contribution in [0.25, 0.3) is 11.1 Å². The maximum atomic E-state index is 9.35. The van der Waals surface area contributed by atoms with E-state index in [-0.39, 0.29) is 5.88 Å². The van der Waals surface area contributed by atoms with Gasteiger partial charge in [-0.05, 0) is 13.8 Å². The Morgan fingerprint density at radius 1 is 1.33 bits per heavy atom. The lowest BCUT2D eigenvalue weighted by Crippen LogP contribution is -1.79. The molecule has 2 aromatic heterocycles. The summed E-state index contributed by atoms with van der Waals surface area (Å²) in [5.41, 5.74) is 1.33. The second-order valence-corrected chi connectivity index (χ2v) is 2.66. The van der Waals surface area contributed by atoms with Gasteiger partial charge in [-0.1, -0.05) is 0 Å². The van der Waals surface area contributed by atoms with Gasteiger partial charge in [-0.25, -0.2) is 9.97 Å². The normalized spacial score (nSPS) is 10.8. The van der Waals surface area contributed by atoms with E-state index in [1.165, 1.54) is 6.33 Å². The van der Waals surface area contributed by atoms with Crippen LogP contribution in [-0.4, -0.2) is 15.1 Å². The van der Waals surface area contributed by atoms with E-state index in [0.717, 1.165) is 11.3 Å². The largest absolute Gasteiger partial charge is 0.493 e. The number of nitrogens with zero attached hydrogens (tertiary/aromatic N) is 2. The van der Waals surface area contributed by atoms with Gasteiger partial charge in [-0.15, -0.1) is 0 Å². The topological polar surface area (TPSA) is 59.2 Å². The molecule has 2 rings (SSSR count). The van der Waals surface area contributed by atoms with E-state index in [0.29, 0.717) is 11.1 Å². The van der Waals surface area contributed by atoms with E-state index in [1.807, 2.05) is 13.8 Å². The van der Waals surface area contributed by atoms with Gasteiger partial charge in [0.05, 0.1) is 0 Å². The van der Waals surface area contributed by atoms with Gasteiger partial charge >= 0.3 is 0 Å². The lowest BCUT2D eigenvalue weighted by molar-refractivity contribution is 0.458. The predicted octanol–water partition coefficient (Wildman–Crippen LogP) is 1.55. The Morgan fingerprint density at radius 2 is 2.08 bits per heavy atom. The molecule has 0 saturated heterocycles. The van der Waals surface area contributed by atoms with Crippen molar-refractivity contribution in [3.8, 4) is 5.88 Å². The Hall–Kier alpha value is -1.58. The summed E-state index contributed by atoms with van der Waals surface area (Å²) >= 11 is 0. The molecule has 0 saturated carbocycles. The van der Waals surface area contributed by atoms with Crippen molar-refractivity contribution in [2.45, 2.75) is 13.8 Å². The summed E-state index contributed by atoms with van der Waals surface area (Å²) in [6.07, 6.45) is 1.28. The second-order valence-electron chi connectivity index (χ2n) is 2.66. The first-order valence-corrected chi connectivity index (χ1v) is 3.60. The van der Waals surface area contributed by atoms with E-state index in [4.69, 9.17) is 4.42 Å². The molecule has 12 heavy (non-hydrogen) atoms. The van der Waals surface area contributed by atoms with Crippen LogP contribution in [0.4, 0.5) is 0 Å². The number of hydrogen-bond donors (Lipinski definition) is 1. The highest BCUT2D eigenvalue weighted by atomic mass is 16.3. The van der Waals surface area contributed by atoms with Gasteiger partial charge in [-0.2, -0.15) is 0 Å². The van der Waals surface area contributed by atoms with Crippen LogP contribution in [0.5, 0.6) is 5.88 Å². The molecule has 2 aromatic rings. The molecule has 4 nitrogen and oxygen atoms in total. The molecule has 0 bridgehead atoms. The minimum absolute atomic E-state index is 0.0191. The van der Waals surface area contributed by atoms with Crippen molar-refractivity contribution in [1.82, 2.24) is 9.97 Å². The fraction of sp³-hybridized carbons (Fsp3) is 0.250. The summed E-state index contributed by atoms with van der Waals surface area (Å²) < 4.78 is 5.27. The number of aromatic hydroxyl groups is 1. The van der Waals surface area contributed by atoms with Crippen molar-refractivity contribution < 1.29 is 9.52 Å². The third-order valence-corrected chi connectivity index (χ3v) is 1.95. The van der Waals surface area contributed by atoms with Gasteiger partial charge in [0.1, 0.15) is 17.5 Å². The van der Waals surface area contributed by atoms with Gasteiger partial charge in [0.25, 0.3) is 0 Å². The molecule has 0 fully saturated rings. The Bertz CT molecular complexity index is 434. The van der Waals surface area contributed by atoms with Crippen LogP contribution in [0.15, 0.2) is 10.7 Å². The minimum Gasteiger partial charge on any atom is -0.493 e. The maximum Gasteiger partial charge on any atom is 0.233 e. The highest BCUT2D eigenvalue weighted by Gasteiger charge is 2.11. The van der Waals surface area contributed by atoms with Crippen LogP contribution in [0.2, 0.25) is 0 Å². The first-order chi connectivity index (χ1) is 5.70. The lowest BCUT2D eigenvalue weighted by atomic mass is 10.2. The predicted molar refractivity (Wildman–Crippen MR) is 42.9 cm³/mol. The number of aryl methyl sites for hydroxylation is 2. The van der Waals surface area contributed by atoms with Crippen LogP contribution in [0.3, 0.4) is 0 Å². The van der Waals surface area contributed by atoms with Crippen LogP contribution < -0.4 is 0 Å². The van der Waals surface area contributed by atoms with Crippen molar-refractivity contribution in [1.29, 1.82) is 0 Å². The molecule has 62 valence electrons. The average molecular weight is 164 g/mol. The molecule has 2 heterocycles. The Kier molecular flexibility index (Phi) is 1.30. The quantitative estimate of drug-likeness (QED) is 0.641. The molecule has 0 aliphatic carbocycles. The lowest BCUT2D eigenvalue weighted by Gasteiger charge is -1.90. The zero-order valence-corrected chi connectivity index (χ0v) is 6.83. The summed E-state index contributed by atoms with van der Waals surface area (Å²) in [5.74, 6) is 0.746. The van der Waals surface area contributed by atoms with Crippen LogP contribution in [-0.2, 0) is 0 Å². The minimum atomic E-state index is -0.0191. The van der Waals surface area contributed by atoms with Gasteiger partial charge < -0.3 is 9.52 Å². The van der Waals surface area contributed by atoms with Crippen LogP contribution in [0, 0.1) is 13.8 Å².